The van der Waals surface area contributed by atoms with Crippen molar-refractivity contribution in [2.75, 3.05) is 0 Å². The highest BCUT2D eigenvalue weighted by molar-refractivity contribution is 6.30. The summed E-state index contributed by atoms with van der Waals surface area (Å²) in [6, 6.07) is 39.6. The number of benzene rings is 5. The van der Waals surface area contributed by atoms with Gasteiger partial charge >= 0.3 is 0 Å². The summed E-state index contributed by atoms with van der Waals surface area (Å²) in [5, 5.41) is 9.86. The second-order valence-electron chi connectivity index (χ2n) is 9.94. The van der Waals surface area contributed by atoms with E-state index in [9.17, 15) is 0 Å². The molecule has 5 aromatic rings. The lowest BCUT2D eigenvalue weighted by Gasteiger charge is -2.26. The van der Waals surface area contributed by atoms with Crippen LogP contribution in [0.25, 0.3) is 21.5 Å². The zero-order chi connectivity index (χ0) is 24.7. The van der Waals surface area contributed by atoms with Crippen molar-refractivity contribution in [1.29, 1.82) is 0 Å². The highest BCUT2D eigenvalue weighted by atomic mass is 35.5. The normalized spacial score (nSPS) is 13.2. The van der Waals surface area contributed by atoms with Gasteiger partial charge in [0.15, 0.2) is 0 Å². The number of halogens is 1. The fraction of sp³-hybridized carbons (Fsp3) is 0.235. The monoisotopic (exact) mass is 491 g/mol. The number of unbranched alkanes of at least 4 members (excludes halogenated alkanes) is 1. The maximum absolute atomic E-state index is 6.21. The third-order valence-corrected chi connectivity index (χ3v) is 7.64. The van der Waals surface area contributed by atoms with Gasteiger partial charge in [-0.15, -0.1) is 0 Å². The second-order valence-corrected chi connectivity index (χ2v) is 10.4. The summed E-state index contributed by atoms with van der Waals surface area (Å²) in [5.41, 5.74) is 4.12. The van der Waals surface area contributed by atoms with E-state index in [1.54, 1.807) is 0 Å². The van der Waals surface area contributed by atoms with Gasteiger partial charge in [-0.05, 0) is 88.5 Å². The maximum atomic E-state index is 6.21. The van der Waals surface area contributed by atoms with Gasteiger partial charge in [0.05, 0.1) is 0 Å². The van der Waals surface area contributed by atoms with E-state index in [2.05, 4.69) is 109 Å². The lowest BCUT2D eigenvalue weighted by Crippen LogP contribution is -2.32. The van der Waals surface area contributed by atoms with Crippen molar-refractivity contribution in [3.63, 3.8) is 0 Å². The molecule has 0 saturated heterocycles. The number of hydrogen-bond donors (Lipinski definition) is 1. The zero-order valence-corrected chi connectivity index (χ0v) is 21.7. The molecule has 2 atom stereocenters. The van der Waals surface area contributed by atoms with E-state index < -0.39 is 0 Å². The van der Waals surface area contributed by atoms with Crippen LogP contribution in [-0.2, 0) is 13.0 Å². The highest BCUT2D eigenvalue weighted by Gasteiger charge is 2.19. The SMILES string of the molecule is CC(NCc1ccc2ccccc2c1)C(CCCCc1ccc2ccccc2c1)c1ccc(Cl)cc1. The summed E-state index contributed by atoms with van der Waals surface area (Å²) in [6.07, 6.45) is 4.67. The van der Waals surface area contributed by atoms with Crippen LogP contribution in [0, 0.1) is 0 Å². The van der Waals surface area contributed by atoms with Crippen molar-refractivity contribution in [3.05, 3.63) is 131 Å². The largest absolute Gasteiger partial charge is 0.310 e. The molecule has 0 heterocycles. The molecule has 0 aliphatic rings. The van der Waals surface area contributed by atoms with Crippen LogP contribution >= 0.6 is 11.6 Å². The van der Waals surface area contributed by atoms with Gasteiger partial charge in [-0.2, -0.15) is 0 Å². The van der Waals surface area contributed by atoms with Crippen LogP contribution < -0.4 is 5.32 Å². The Bertz CT molecular complexity index is 1420. The lowest BCUT2D eigenvalue weighted by molar-refractivity contribution is 0.424. The molecule has 0 amide bonds. The quantitative estimate of drug-likeness (QED) is 0.192. The van der Waals surface area contributed by atoms with Crippen LogP contribution in [0.4, 0.5) is 0 Å². The van der Waals surface area contributed by atoms with Crippen molar-refractivity contribution < 1.29 is 0 Å². The van der Waals surface area contributed by atoms with Gasteiger partial charge in [0.25, 0.3) is 0 Å². The number of hydrogen-bond acceptors (Lipinski definition) is 1. The van der Waals surface area contributed by atoms with Gasteiger partial charge in [-0.1, -0.05) is 109 Å². The Balaban J connectivity index is 1.22. The van der Waals surface area contributed by atoms with Crippen LogP contribution in [0.5, 0.6) is 0 Å². The van der Waals surface area contributed by atoms with Crippen molar-refractivity contribution >= 4 is 33.1 Å². The predicted molar refractivity (Wildman–Crippen MR) is 156 cm³/mol. The Kier molecular flexibility index (Phi) is 8.01. The molecule has 0 radical (unpaired) electrons. The van der Waals surface area contributed by atoms with Gasteiger partial charge < -0.3 is 5.32 Å². The smallest absolute Gasteiger partial charge is 0.0406 e. The molecule has 0 saturated carbocycles. The van der Waals surface area contributed by atoms with Crippen LogP contribution in [0.1, 0.15) is 48.8 Å². The topological polar surface area (TPSA) is 12.0 Å². The summed E-state index contributed by atoms with van der Waals surface area (Å²) in [4.78, 5) is 0. The summed E-state index contributed by atoms with van der Waals surface area (Å²) >= 11 is 6.21. The van der Waals surface area contributed by atoms with Crippen molar-refractivity contribution in [2.24, 2.45) is 0 Å². The standard InChI is InChI=1S/C34H34ClN/c1-25(36-24-27-15-17-29-10-4-6-12-32(29)23-27)34(30-18-20-33(35)21-19-30)13-7-2-8-26-14-16-28-9-3-5-11-31(28)22-26/h3-6,9-12,14-23,25,34,36H,2,7-8,13,24H2,1H3. The minimum Gasteiger partial charge on any atom is -0.310 e. The summed E-state index contributed by atoms with van der Waals surface area (Å²) in [6.45, 7) is 3.19. The molecular formula is C34H34ClN. The predicted octanol–water partition coefficient (Wildman–Crippen LogP) is 9.32. The fourth-order valence-corrected chi connectivity index (χ4v) is 5.40. The molecular weight excluding hydrogens is 458 g/mol. The van der Waals surface area contributed by atoms with E-state index in [1.165, 1.54) is 51.1 Å². The Morgan fingerprint density at radius 2 is 1.22 bits per heavy atom. The molecule has 0 bridgehead atoms. The van der Waals surface area contributed by atoms with Crippen LogP contribution in [-0.4, -0.2) is 6.04 Å². The number of rotatable bonds is 10. The molecule has 1 nitrogen and oxygen atoms in total. The van der Waals surface area contributed by atoms with Crippen molar-refractivity contribution in [1.82, 2.24) is 5.32 Å². The molecule has 2 heteroatoms. The van der Waals surface area contributed by atoms with E-state index in [0.29, 0.717) is 12.0 Å². The Labute approximate surface area is 220 Å². The van der Waals surface area contributed by atoms with Crippen molar-refractivity contribution in [3.8, 4) is 0 Å². The first-order valence-electron chi connectivity index (χ1n) is 13.1. The molecule has 5 rings (SSSR count). The maximum Gasteiger partial charge on any atom is 0.0406 e. The van der Waals surface area contributed by atoms with E-state index in [1.807, 2.05) is 12.1 Å². The first-order valence-corrected chi connectivity index (χ1v) is 13.5. The van der Waals surface area contributed by atoms with E-state index in [0.717, 1.165) is 24.4 Å². The number of nitrogens with one attached hydrogen (secondary N) is 1. The summed E-state index contributed by atoms with van der Waals surface area (Å²) in [5.74, 6) is 0.444. The van der Waals surface area contributed by atoms with Gasteiger partial charge in [-0.3, -0.25) is 0 Å². The lowest BCUT2D eigenvalue weighted by atomic mass is 9.87. The molecule has 1 N–H and O–H groups in total. The Morgan fingerprint density at radius 1 is 0.639 bits per heavy atom. The molecule has 182 valence electrons. The molecule has 2 unspecified atom stereocenters. The molecule has 36 heavy (non-hydrogen) atoms. The molecule has 5 aromatic carbocycles. The summed E-state index contributed by atoms with van der Waals surface area (Å²) < 4.78 is 0. The second kappa shape index (κ2) is 11.7. The van der Waals surface area contributed by atoms with Gasteiger partial charge in [0, 0.05) is 17.6 Å². The zero-order valence-electron chi connectivity index (χ0n) is 21.0. The molecule has 0 spiro atoms. The average Bonchev–Trinajstić information content (AvgIpc) is 2.92. The van der Waals surface area contributed by atoms with E-state index in [4.69, 9.17) is 11.6 Å². The molecule has 0 aliphatic heterocycles. The van der Waals surface area contributed by atoms with E-state index in [-0.39, 0.29) is 0 Å². The van der Waals surface area contributed by atoms with Crippen molar-refractivity contribution in [2.45, 2.75) is 51.1 Å². The van der Waals surface area contributed by atoms with Crippen LogP contribution in [0.2, 0.25) is 5.02 Å². The number of aryl methyl sites for hydroxylation is 1. The van der Waals surface area contributed by atoms with Crippen LogP contribution in [0.3, 0.4) is 0 Å². The average molecular weight is 492 g/mol. The van der Waals surface area contributed by atoms with Gasteiger partial charge in [0.1, 0.15) is 0 Å². The van der Waals surface area contributed by atoms with Gasteiger partial charge in [-0.25, -0.2) is 0 Å². The van der Waals surface area contributed by atoms with E-state index >= 15 is 0 Å². The fourth-order valence-electron chi connectivity index (χ4n) is 5.27. The minimum atomic E-state index is 0.360. The van der Waals surface area contributed by atoms with Crippen LogP contribution in [0.15, 0.2) is 109 Å². The first kappa shape index (κ1) is 24.6. The van der Waals surface area contributed by atoms with Gasteiger partial charge in [0.2, 0.25) is 0 Å². The minimum absolute atomic E-state index is 0.360. The Morgan fingerprint density at radius 3 is 1.89 bits per heavy atom. The Hall–Kier alpha value is -3.13. The molecule has 0 aromatic heterocycles. The number of fused-ring (bicyclic) bond motifs is 2. The highest BCUT2D eigenvalue weighted by Crippen LogP contribution is 2.28. The first-order chi connectivity index (χ1) is 17.7. The summed E-state index contributed by atoms with van der Waals surface area (Å²) in [7, 11) is 0. The molecule has 0 fully saturated rings. The third kappa shape index (κ3) is 6.16. The third-order valence-electron chi connectivity index (χ3n) is 7.39. The molecule has 0 aliphatic carbocycles.